The Hall–Kier alpha value is -1.16. The number of rotatable bonds is 0. The first kappa shape index (κ1) is 10.7. The Kier molecular flexibility index (Phi) is 2.19. The molecule has 2 unspecified atom stereocenters. The minimum absolute atomic E-state index is 0.0849. The largest absolute Gasteiger partial charge is 0.207 e. The Labute approximate surface area is 119 Å². The van der Waals surface area contributed by atoms with Crippen LogP contribution in [0.5, 0.6) is 0 Å². The lowest BCUT2D eigenvalue weighted by Gasteiger charge is -2.40. The molecule has 0 fully saturated rings. The minimum Gasteiger partial charge on any atom is -0.207 e. The van der Waals surface area contributed by atoms with Crippen molar-refractivity contribution in [2.75, 3.05) is 0 Å². The summed E-state index contributed by atoms with van der Waals surface area (Å²) < 4.78 is 15.2. The number of hydrogen-bond acceptors (Lipinski definition) is 0. The molecule has 0 aromatic carbocycles. The predicted molar refractivity (Wildman–Crippen MR) is 79.7 cm³/mol. The summed E-state index contributed by atoms with van der Waals surface area (Å²) >= 11 is 2.37. The summed E-state index contributed by atoms with van der Waals surface area (Å²) in [6.07, 6.45) is 16.1. The maximum absolute atomic E-state index is 14.0. The highest BCUT2D eigenvalue weighted by Gasteiger charge is 2.39. The lowest BCUT2D eigenvalue weighted by molar-refractivity contribution is 0.516. The highest BCUT2D eigenvalue weighted by atomic mass is 127. The molecule has 0 saturated heterocycles. The first-order valence-electron chi connectivity index (χ1n) is 6.01. The summed E-state index contributed by atoms with van der Waals surface area (Å²) in [7, 11) is 0. The Morgan fingerprint density at radius 2 is 1.56 bits per heavy atom. The third-order valence-corrected chi connectivity index (χ3v) is 5.01. The summed E-state index contributed by atoms with van der Waals surface area (Å²) in [6.45, 7) is 0. The van der Waals surface area contributed by atoms with Crippen LogP contribution in [-0.4, -0.2) is 0 Å². The van der Waals surface area contributed by atoms with Crippen LogP contribution in [0.1, 0.15) is 0 Å². The van der Waals surface area contributed by atoms with Crippen molar-refractivity contribution in [3.63, 3.8) is 0 Å². The van der Waals surface area contributed by atoms with E-state index in [9.17, 15) is 4.39 Å². The summed E-state index contributed by atoms with van der Waals surface area (Å²) in [5.41, 5.74) is 4.68. The molecule has 0 spiro atoms. The average molecular weight is 348 g/mol. The zero-order valence-corrected chi connectivity index (χ0v) is 11.7. The molecule has 0 aromatic heterocycles. The van der Waals surface area contributed by atoms with Gasteiger partial charge in [0.25, 0.3) is 0 Å². The Bertz CT molecular complexity index is 665. The van der Waals surface area contributed by atoms with Crippen LogP contribution in [0.2, 0.25) is 0 Å². The van der Waals surface area contributed by atoms with Gasteiger partial charge in [-0.1, -0.05) is 36.5 Å². The van der Waals surface area contributed by atoms with Gasteiger partial charge in [-0.15, -0.1) is 0 Å². The summed E-state index contributed by atoms with van der Waals surface area (Å²) in [5.74, 6) is 0.389. The molecule has 18 heavy (non-hydrogen) atoms. The molecule has 0 nitrogen and oxygen atoms in total. The van der Waals surface area contributed by atoms with Gasteiger partial charge in [-0.25, -0.2) is 4.39 Å². The van der Waals surface area contributed by atoms with Crippen molar-refractivity contribution in [3.05, 3.63) is 80.3 Å². The van der Waals surface area contributed by atoms with E-state index in [1.807, 2.05) is 12.2 Å². The molecule has 0 aromatic rings. The standard InChI is InChI=1S/C16H10FI/c17-13-7-3-9-2-6-12-14(18)8-4-10-1-5-11(13)15(9)16(10)12/h1-8,15-16H. The predicted octanol–water partition coefficient (Wildman–Crippen LogP) is 4.71. The van der Waals surface area contributed by atoms with Gasteiger partial charge in [0, 0.05) is 15.4 Å². The van der Waals surface area contributed by atoms with E-state index in [0.29, 0.717) is 5.92 Å². The van der Waals surface area contributed by atoms with Crippen molar-refractivity contribution < 1.29 is 4.39 Å². The van der Waals surface area contributed by atoms with Crippen molar-refractivity contribution in [1.82, 2.24) is 0 Å². The lowest BCUT2D eigenvalue weighted by atomic mass is 9.64. The van der Waals surface area contributed by atoms with E-state index in [-0.39, 0.29) is 11.7 Å². The van der Waals surface area contributed by atoms with E-state index in [1.54, 1.807) is 6.08 Å². The Morgan fingerprint density at radius 3 is 2.44 bits per heavy atom. The molecule has 0 N–H and O–H groups in total. The van der Waals surface area contributed by atoms with Crippen LogP contribution in [0, 0.1) is 11.8 Å². The maximum atomic E-state index is 14.0. The fourth-order valence-corrected chi connectivity index (χ4v) is 3.89. The molecule has 4 aliphatic carbocycles. The highest BCUT2D eigenvalue weighted by molar-refractivity contribution is 14.1. The fourth-order valence-electron chi connectivity index (χ4n) is 3.20. The highest BCUT2D eigenvalue weighted by Crippen LogP contribution is 2.51. The van der Waals surface area contributed by atoms with Gasteiger partial charge < -0.3 is 0 Å². The number of halogens is 2. The Morgan fingerprint density at radius 1 is 0.833 bits per heavy atom. The topological polar surface area (TPSA) is 0 Å². The molecule has 2 atom stereocenters. The monoisotopic (exact) mass is 348 g/mol. The van der Waals surface area contributed by atoms with E-state index in [4.69, 9.17) is 0 Å². The number of allylic oxidation sites excluding steroid dienone is 14. The molecule has 0 bridgehead atoms. The molecular weight excluding hydrogens is 338 g/mol. The van der Waals surface area contributed by atoms with E-state index in [1.165, 1.54) is 20.3 Å². The maximum Gasteiger partial charge on any atom is 0.127 e. The van der Waals surface area contributed by atoms with Gasteiger partial charge in [-0.3, -0.25) is 0 Å². The van der Waals surface area contributed by atoms with Crippen LogP contribution in [0.15, 0.2) is 80.3 Å². The molecule has 88 valence electrons. The molecule has 0 radical (unpaired) electrons. The van der Waals surface area contributed by atoms with Crippen LogP contribution in [0.25, 0.3) is 0 Å². The molecule has 4 rings (SSSR count). The van der Waals surface area contributed by atoms with Gasteiger partial charge in [-0.05, 0) is 57.0 Å². The normalized spacial score (nSPS) is 31.4. The van der Waals surface area contributed by atoms with Crippen LogP contribution in [0.3, 0.4) is 0 Å². The molecule has 2 heteroatoms. The van der Waals surface area contributed by atoms with E-state index >= 15 is 0 Å². The Balaban J connectivity index is 2.03. The second kappa shape index (κ2) is 3.67. The average Bonchev–Trinajstić information content (AvgIpc) is 2.40. The van der Waals surface area contributed by atoms with Gasteiger partial charge >= 0.3 is 0 Å². The smallest absolute Gasteiger partial charge is 0.127 e. The summed E-state index contributed by atoms with van der Waals surface area (Å²) in [5, 5.41) is 0. The van der Waals surface area contributed by atoms with Crippen molar-refractivity contribution in [3.8, 4) is 0 Å². The molecule has 0 heterocycles. The van der Waals surface area contributed by atoms with Gasteiger partial charge in [0.15, 0.2) is 0 Å². The molecular formula is C16H10FI. The van der Waals surface area contributed by atoms with Crippen molar-refractivity contribution >= 4 is 22.6 Å². The van der Waals surface area contributed by atoms with Gasteiger partial charge in [0.1, 0.15) is 5.83 Å². The van der Waals surface area contributed by atoms with Crippen LogP contribution < -0.4 is 0 Å². The van der Waals surface area contributed by atoms with Gasteiger partial charge in [0.2, 0.25) is 0 Å². The van der Waals surface area contributed by atoms with Crippen molar-refractivity contribution in [2.45, 2.75) is 0 Å². The van der Waals surface area contributed by atoms with Crippen LogP contribution >= 0.6 is 22.6 Å². The third-order valence-electron chi connectivity index (χ3n) is 4.03. The molecule has 0 aliphatic heterocycles. The summed E-state index contributed by atoms with van der Waals surface area (Å²) in [4.78, 5) is 0. The second-order valence-corrected chi connectivity index (χ2v) is 6.06. The zero-order valence-electron chi connectivity index (χ0n) is 9.53. The van der Waals surface area contributed by atoms with Crippen LogP contribution in [0.4, 0.5) is 4.39 Å². The van der Waals surface area contributed by atoms with Crippen molar-refractivity contribution in [1.29, 1.82) is 0 Å². The third kappa shape index (κ3) is 1.30. The molecule has 0 amide bonds. The van der Waals surface area contributed by atoms with Gasteiger partial charge in [0.05, 0.1) is 0 Å². The van der Waals surface area contributed by atoms with E-state index in [2.05, 4.69) is 53.0 Å². The SMILES string of the molecule is FC1=CC=C2C=CC3=C(I)C=CC4=CC=C1C2C43. The van der Waals surface area contributed by atoms with Gasteiger partial charge in [-0.2, -0.15) is 0 Å². The van der Waals surface area contributed by atoms with E-state index < -0.39 is 0 Å². The first-order valence-corrected chi connectivity index (χ1v) is 7.09. The number of hydrogen-bond donors (Lipinski definition) is 0. The minimum atomic E-state index is -0.0849. The van der Waals surface area contributed by atoms with Crippen molar-refractivity contribution in [2.24, 2.45) is 11.8 Å². The molecule has 4 aliphatic rings. The fraction of sp³-hybridized carbons (Fsp3) is 0.125. The second-order valence-electron chi connectivity index (χ2n) is 4.90. The summed E-state index contributed by atoms with van der Waals surface area (Å²) in [6, 6.07) is 0. The zero-order chi connectivity index (χ0) is 12.3. The van der Waals surface area contributed by atoms with E-state index in [0.717, 1.165) is 5.57 Å². The molecule has 0 saturated carbocycles. The first-order chi connectivity index (χ1) is 8.75. The quantitative estimate of drug-likeness (QED) is 0.557. The lowest BCUT2D eigenvalue weighted by Crippen LogP contribution is -2.29. The van der Waals surface area contributed by atoms with Crippen LogP contribution in [-0.2, 0) is 0 Å².